The highest BCUT2D eigenvalue weighted by atomic mass is 16.5. The molecule has 140 valence electrons. The molecule has 2 rings (SSSR count). The number of rotatable bonds is 7. The number of phenols is 2. The van der Waals surface area contributed by atoms with Crippen molar-refractivity contribution >= 4 is 11.6 Å². The summed E-state index contributed by atoms with van der Waals surface area (Å²) in [6.45, 7) is 5.93. The second-order valence-corrected chi connectivity index (χ2v) is 6.53. The molecule has 1 aromatic rings. The molecule has 2 atom stereocenters. The summed E-state index contributed by atoms with van der Waals surface area (Å²) in [7, 11) is 1.56. The number of ether oxygens (including phenoxy) is 2. The molecule has 6 nitrogen and oxygen atoms in total. The van der Waals surface area contributed by atoms with Crippen LogP contribution in [0.25, 0.3) is 0 Å². The van der Waals surface area contributed by atoms with E-state index in [1.165, 1.54) is 18.2 Å². The molecular formula is C20H24O6. The number of hydrogen-bond acceptors (Lipinski definition) is 6. The number of allylic oxidation sites excluding steroid dienone is 2. The Labute approximate surface area is 152 Å². The first-order chi connectivity index (χ1) is 12.3. The molecule has 0 amide bonds. The zero-order valence-corrected chi connectivity index (χ0v) is 15.4. The SMILES string of the molecule is COC(C)CO[C@H](CC=C(C)C)C1=CC(=O)c2c(O)ccc(O)c2C1=O. The van der Waals surface area contributed by atoms with Gasteiger partial charge < -0.3 is 19.7 Å². The molecule has 0 aromatic heterocycles. The van der Waals surface area contributed by atoms with Crippen LogP contribution in [0.4, 0.5) is 0 Å². The Morgan fingerprint density at radius 2 is 1.77 bits per heavy atom. The number of carbonyl (C=O) groups excluding carboxylic acids is 2. The van der Waals surface area contributed by atoms with E-state index in [-0.39, 0.29) is 40.9 Å². The molecule has 0 saturated heterocycles. The smallest absolute Gasteiger partial charge is 0.196 e. The van der Waals surface area contributed by atoms with Crippen molar-refractivity contribution in [2.45, 2.75) is 39.4 Å². The lowest BCUT2D eigenvalue weighted by molar-refractivity contribution is -0.00633. The first-order valence-corrected chi connectivity index (χ1v) is 8.39. The van der Waals surface area contributed by atoms with Gasteiger partial charge in [-0.15, -0.1) is 0 Å². The van der Waals surface area contributed by atoms with Gasteiger partial charge in [-0.05, 0) is 45.4 Å². The molecule has 0 radical (unpaired) electrons. The second-order valence-electron chi connectivity index (χ2n) is 6.53. The van der Waals surface area contributed by atoms with Gasteiger partial charge in [0.1, 0.15) is 11.5 Å². The molecule has 0 saturated carbocycles. The lowest BCUT2D eigenvalue weighted by Gasteiger charge is -2.24. The monoisotopic (exact) mass is 360 g/mol. The fraction of sp³-hybridized carbons (Fsp3) is 0.400. The third-order valence-corrected chi connectivity index (χ3v) is 4.21. The number of carbonyl (C=O) groups is 2. The maximum atomic E-state index is 12.9. The zero-order valence-electron chi connectivity index (χ0n) is 15.4. The Kier molecular flexibility index (Phi) is 6.34. The summed E-state index contributed by atoms with van der Waals surface area (Å²) in [5.41, 5.74) is 0.849. The number of fused-ring (bicyclic) bond motifs is 1. The third-order valence-electron chi connectivity index (χ3n) is 4.21. The van der Waals surface area contributed by atoms with Gasteiger partial charge in [0.2, 0.25) is 0 Å². The second kappa shape index (κ2) is 8.29. The van der Waals surface area contributed by atoms with Crippen molar-refractivity contribution < 1.29 is 29.3 Å². The van der Waals surface area contributed by atoms with Crippen LogP contribution >= 0.6 is 0 Å². The summed E-state index contributed by atoms with van der Waals surface area (Å²) in [6, 6.07) is 2.39. The Balaban J connectivity index is 2.41. The van der Waals surface area contributed by atoms with Gasteiger partial charge in [-0.3, -0.25) is 9.59 Å². The number of Topliss-reactive ketones (excluding diaryl/α,β-unsaturated/α-hetero) is 1. The topological polar surface area (TPSA) is 93.1 Å². The fourth-order valence-electron chi connectivity index (χ4n) is 2.67. The van der Waals surface area contributed by atoms with Gasteiger partial charge in [0, 0.05) is 12.7 Å². The largest absolute Gasteiger partial charge is 0.507 e. The average Bonchev–Trinajstić information content (AvgIpc) is 2.59. The summed E-state index contributed by atoms with van der Waals surface area (Å²) >= 11 is 0. The lowest BCUT2D eigenvalue weighted by Crippen LogP contribution is -2.29. The van der Waals surface area contributed by atoms with Crippen LogP contribution in [0.15, 0.2) is 35.4 Å². The van der Waals surface area contributed by atoms with E-state index in [1.54, 1.807) is 7.11 Å². The molecule has 2 N–H and O–H groups in total. The minimum absolute atomic E-state index is 0.157. The number of benzene rings is 1. The molecule has 0 spiro atoms. The Morgan fingerprint density at radius 3 is 2.35 bits per heavy atom. The van der Waals surface area contributed by atoms with Crippen molar-refractivity contribution in [3.8, 4) is 11.5 Å². The number of aromatic hydroxyl groups is 2. The molecule has 1 unspecified atom stereocenters. The van der Waals surface area contributed by atoms with E-state index in [9.17, 15) is 19.8 Å². The van der Waals surface area contributed by atoms with Crippen LogP contribution in [0.1, 0.15) is 47.9 Å². The zero-order chi connectivity index (χ0) is 19.4. The van der Waals surface area contributed by atoms with Gasteiger partial charge in [0.15, 0.2) is 11.6 Å². The molecule has 1 aliphatic rings. The molecule has 6 heteroatoms. The summed E-state index contributed by atoms with van der Waals surface area (Å²) in [5.74, 6) is -1.73. The fourth-order valence-corrected chi connectivity index (χ4v) is 2.67. The predicted molar refractivity (Wildman–Crippen MR) is 96.8 cm³/mol. The minimum atomic E-state index is -0.658. The van der Waals surface area contributed by atoms with Crippen LogP contribution in [-0.2, 0) is 9.47 Å². The van der Waals surface area contributed by atoms with Crippen molar-refractivity contribution in [3.05, 3.63) is 46.6 Å². The maximum Gasteiger partial charge on any atom is 0.196 e. The Hall–Kier alpha value is -2.44. The Morgan fingerprint density at radius 1 is 1.15 bits per heavy atom. The van der Waals surface area contributed by atoms with Crippen LogP contribution in [-0.4, -0.2) is 47.7 Å². The van der Waals surface area contributed by atoms with E-state index in [0.717, 1.165) is 5.57 Å². The standard InChI is InChI=1S/C20H24O6/c1-11(2)5-8-17(26-10-12(3)25-4)13-9-16(23)18-14(21)6-7-15(22)19(18)20(13)24/h5-7,9,12,17,21-22H,8,10H2,1-4H3/t12?,17-/m1/s1. The number of ketones is 2. The molecule has 0 aliphatic heterocycles. The van der Waals surface area contributed by atoms with Gasteiger partial charge >= 0.3 is 0 Å². The van der Waals surface area contributed by atoms with E-state index in [4.69, 9.17) is 9.47 Å². The molecule has 26 heavy (non-hydrogen) atoms. The lowest BCUT2D eigenvalue weighted by atomic mass is 9.85. The molecule has 0 heterocycles. The molecule has 1 aliphatic carbocycles. The van der Waals surface area contributed by atoms with E-state index in [2.05, 4.69) is 0 Å². The van der Waals surface area contributed by atoms with Gasteiger partial charge in [-0.1, -0.05) is 11.6 Å². The van der Waals surface area contributed by atoms with E-state index >= 15 is 0 Å². The molecular weight excluding hydrogens is 336 g/mol. The quantitative estimate of drug-likeness (QED) is 0.573. The first-order valence-electron chi connectivity index (χ1n) is 8.39. The summed E-state index contributed by atoms with van der Waals surface area (Å²) in [5, 5.41) is 20.0. The van der Waals surface area contributed by atoms with Crippen LogP contribution in [0.2, 0.25) is 0 Å². The van der Waals surface area contributed by atoms with Crippen molar-refractivity contribution in [1.82, 2.24) is 0 Å². The van der Waals surface area contributed by atoms with Crippen molar-refractivity contribution in [2.24, 2.45) is 0 Å². The number of phenolic OH excluding ortho intramolecular Hbond substituents is 2. The average molecular weight is 360 g/mol. The van der Waals surface area contributed by atoms with Crippen LogP contribution in [0, 0.1) is 0 Å². The highest BCUT2D eigenvalue weighted by Crippen LogP contribution is 2.36. The summed E-state index contributed by atoms with van der Waals surface area (Å²) in [4.78, 5) is 25.4. The maximum absolute atomic E-state index is 12.9. The molecule has 1 aromatic carbocycles. The van der Waals surface area contributed by atoms with Crippen molar-refractivity contribution in [3.63, 3.8) is 0 Å². The molecule has 0 fully saturated rings. The van der Waals surface area contributed by atoms with Gasteiger partial charge in [0.25, 0.3) is 0 Å². The van der Waals surface area contributed by atoms with Gasteiger partial charge in [-0.2, -0.15) is 0 Å². The van der Waals surface area contributed by atoms with Crippen LogP contribution in [0.5, 0.6) is 11.5 Å². The highest BCUT2D eigenvalue weighted by molar-refractivity contribution is 6.27. The van der Waals surface area contributed by atoms with Gasteiger partial charge in [0.05, 0.1) is 29.9 Å². The van der Waals surface area contributed by atoms with Gasteiger partial charge in [-0.25, -0.2) is 0 Å². The van der Waals surface area contributed by atoms with Crippen LogP contribution in [0.3, 0.4) is 0 Å². The molecule has 0 bridgehead atoms. The number of hydrogen-bond donors (Lipinski definition) is 2. The van der Waals surface area contributed by atoms with Crippen LogP contribution < -0.4 is 0 Å². The number of methoxy groups -OCH3 is 1. The van der Waals surface area contributed by atoms with Crippen molar-refractivity contribution in [2.75, 3.05) is 13.7 Å². The van der Waals surface area contributed by atoms with E-state index in [0.29, 0.717) is 6.42 Å². The van der Waals surface area contributed by atoms with E-state index < -0.39 is 17.7 Å². The Bertz CT molecular complexity index is 771. The highest BCUT2D eigenvalue weighted by Gasteiger charge is 2.34. The first kappa shape index (κ1) is 19.9. The van der Waals surface area contributed by atoms with Crippen molar-refractivity contribution in [1.29, 1.82) is 0 Å². The summed E-state index contributed by atoms with van der Waals surface area (Å²) in [6.07, 6.45) is 2.67. The third kappa shape index (κ3) is 4.20. The predicted octanol–water partition coefficient (Wildman–Crippen LogP) is 3.18. The minimum Gasteiger partial charge on any atom is -0.507 e. The summed E-state index contributed by atoms with van der Waals surface area (Å²) < 4.78 is 11.0. The normalized spacial score (nSPS) is 15.9. The van der Waals surface area contributed by atoms with E-state index in [1.807, 2.05) is 26.8 Å².